The minimum Gasteiger partial charge on any atom is -0.351 e. The number of aryl methyl sites for hydroxylation is 2. The van der Waals surface area contributed by atoms with Crippen LogP contribution in [-0.2, 0) is 25.2 Å². The van der Waals surface area contributed by atoms with Gasteiger partial charge in [-0.25, -0.2) is 0 Å². The number of fused-ring (bicyclic) bond motifs is 2. The Labute approximate surface area is 388 Å². The van der Waals surface area contributed by atoms with Crippen LogP contribution in [0.1, 0.15) is 76.8 Å². The lowest BCUT2D eigenvalue weighted by Crippen LogP contribution is -2.53. The molecule has 0 spiro atoms. The lowest BCUT2D eigenvalue weighted by atomic mass is 9.79. The van der Waals surface area contributed by atoms with Crippen molar-refractivity contribution >= 4 is 33.6 Å². The molecule has 9 rings (SSSR count). The Balaban J connectivity index is 0.000000177. The maximum Gasteiger partial charge on any atom is 0.254 e. The third-order valence-corrected chi connectivity index (χ3v) is 15.3. The first-order chi connectivity index (χ1) is 31.5. The molecule has 0 N–H and O–H groups in total. The molecular formula is C55H72N8O2. The summed E-state index contributed by atoms with van der Waals surface area (Å²) in [6.07, 6.45) is 12.3. The summed E-state index contributed by atoms with van der Waals surface area (Å²) in [7, 11) is 12.3. The van der Waals surface area contributed by atoms with Crippen LogP contribution in [0.3, 0.4) is 0 Å². The molecular weight excluding hydrogens is 805 g/mol. The van der Waals surface area contributed by atoms with Gasteiger partial charge in [-0.05, 0) is 132 Å². The first kappa shape index (κ1) is 46.3. The zero-order valence-corrected chi connectivity index (χ0v) is 40.0. The normalized spacial score (nSPS) is 17.9. The molecule has 4 aromatic carbocycles. The van der Waals surface area contributed by atoms with E-state index in [4.69, 9.17) is 0 Å². The van der Waals surface area contributed by atoms with Gasteiger partial charge >= 0.3 is 0 Å². The van der Waals surface area contributed by atoms with Gasteiger partial charge in [-0.1, -0.05) is 72.8 Å². The Kier molecular flexibility index (Phi) is 14.6. The molecule has 2 amide bonds. The van der Waals surface area contributed by atoms with Gasteiger partial charge in [0.1, 0.15) is 0 Å². The molecule has 0 radical (unpaired) electrons. The predicted molar refractivity (Wildman–Crippen MR) is 266 cm³/mol. The minimum absolute atomic E-state index is 0.0995. The molecule has 3 saturated heterocycles. The van der Waals surface area contributed by atoms with E-state index in [-0.39, 0.29) is 22.9 Å². The van der Waals surface area contributed by atoms with Crippen LogP contribution in [0.15, 0.2) is 122 Å². The highest BCUT2D eigenvalue weighted by Gasteiger charge is 2.42. The van der Waals surface area contributed by atoms with E-state index in [2.05, 4.69) is 116 Å². The van der Waals surface area contributed by atoms with Crippen LogP contribution < -0.4 is 0 Å². The number of benzene rings is 4. The quantitative estimate of drug-likeness (QED) is 0.116. The lowest BCUT2D eigenvalue weighted by Gasteiger charge is -2.48. The van der Waals surface area contributed by atoms with Crippen LogP contribution in [0, 0.1) is 0 Å². The Hall–Kier alpha value is -5.26. The van der Waals surface area contributed by atoms with Crippen molar-refractivity contribution in [2.75, 3.05) is 93.6 Å². The molecule has 0 unspecified atom stereocenters. The number of aromatic nitrogens is 2. The number of rotatable bonds is 13. The average molecular weight is 877 g/mol. The molecule has 65 heavy (non-hydrogen) atoms. The number of amides is 2. The number of hydrogen-bond acceptors (Lipinski definition) is 6. The standard InChI is InChI=1S/C28H36N4O.C27H36N4O/c1-29-18-13-24-25(11-8-12-26(24)29)27(33)30(2)21-22-31-19-14-28(15-20-31,32-16-6-7-17-32)23-9-4-3-5-10-23;1-28(2)27(24-9-6-5-7-10-24)14-19-31(20-15-27)17-8-16-30(4)26(32)23-12-11-22-13-18-29(3)25(22)21-23/h3-5,8-13,18H,6-7,14-17,19-22H2,1-2H3;5-7,9-13,18,21H,8,14-17,19-20H2,1-4H3. The van der Waals surface area contributed by atoms with Crippen molar-refractivity contribution in [2.45, 2.75) is 56.0 Å². The number of likely N-dealkylation sites (N-methyl/N-ethyl adjacent to an activating group) is 1. The van der Waals surface area contributed by atoms with Crippen LogP contribution in [0.2, 0.25) is 0 Å². The predicted octanol–water partition coefficient (Wildman–Crippen LogP) is 8.53. The molecule has 3 aliphatic heterocycles. The van der Waals surface area contributed by atoms with Crippen LogP contribution in [0.25, 0.3) is 21.8 Å². The van der Waals surface area contributed by atoms with E-state index < -0.39 is 0 Å². The summed E-state index contributed by atoms with van der Waals surface area (Å²) >= 11 is 0. The summed E-state index contributed by atoms with van der Waals surface area (Å²) in [5.74, 6) is 0.210. The number of carbonyl (C=O) groups excluding carboxylic acids is 2. The van der Waals surface area contributed by atoms with E-state index in [0.29, 0.717) is 0 Å². The van der Waals surface area contributed by atoms with Crippen molar-refractivity contribution in [3.63, 3.8) is 0 Å². The van der Waals surface area contributed by atoms with Gasteiger partial charge in [-0.15, -0.1) is 0 Å². The van der Waals surface area contributed by atoms with Crippen LogP contribution in [-0.4, -0.2) is 144 Å². The van der Waals surface area contributed by atoms with Gasteiger partial charge in [0.2, 0.25) is 0 Å². The summed E-state index contributed by atoms with van der Waals surface area (Å²) in [5, 5.41) is 2.20. The number of piperidine rings is 2. The van der Waals surface area contributed by atoms with Crippen LogP contribution in [0.4, 0.5) is 0 Å². The summed E-state index contributed by atoms with van der Waals surface area (Å²) in [4.78, 5) is 40.1. The van der Waals surface area contributed by atoms with Gasteiger partial charge in [0.15, 0.2) is 0 Å². The SMILES string of the molecule is CN(CCCN1CCC(c2ccccc2)(N(C)C)CC1)C(=O)c1ccc2ccn(C)c2c1.CN(CCN1CCC(c2ccccc2)(N2CCCC2)CC1)C(=O)c1cccc2c1ccn2C. The van der Waals surface area contributed by atoms with Crippen molar-refractivity contribution in [3.8, 4) is 0 Å². The topological polar surface area (TPSA) is 63.4 Å². The number of carbonyl (C=O) groups is 2. The molecule has 6 aromatic rings. The lowest BCUT2D eigenvalue weighted by molar-refractivity contribution is 0.0313. The number of nitrogens with zero attached hydrogens (tertiary/aromatic N) is 8. The van der Waals surface area contributed by atoms with E-state index in [1.165, 1.54) is 42.4 Å². The minimum atomic E-state index is 0.0995. The highest BCUT2D eigenvalue weighted by molar-refractivity contribution is 6.06. The molecule has 0 atom stereocenters. The first-order valence-electron chi connectivity index (χ1n) is 24.1. The Morgan fingerprint density at radius 1 is 0.569 bits per heavy atom. The highest BCUT2D eigenvalue weighted by Crippen LogP contribution is 2.41. The third kappa shape index (κ3) is 9.97. The second-order valence-electron chi connectivity index (χ2n) is 19.2. The zero-order chi connectivity index (χ0) is 45.6. The third-order valence-electron chi connectivity index (χ3n) is 15.3. The zero-order valence-electron chi connectivity index (χ0n) is 40.0. The monoisotopic (exact) mass is 877 g/mol. The molecule has 10 heteroatoms. The van der Waals surface area contributed by atoms with Gasteiger partial charge in [0.05, 0.1) is 0 Å². The molecule has 0 aliphatic carbocycles. The van der Waals surface area contributed by atoms with Crippen molar-refractivity contribution in [3.05, 3.63) is 144 Å². The van der Waals surface area contributed by atoms with E-state index in [1.807, 2.05) is 86.8 Å². The van der Waals surface area contributed by atoms with Crippen molar-refractivity contribution in [2.24, 2.45) is 14.1 Å². The second-order valence-corrected chi connectivity index (χ2v) is 19.2. The van der Waals surface area contributed by atoms with Crippen molar-refractivity contribution in [1.82, 2.24) is 38.5 Å². The Morgan fingerprint density at radius 3 is 1.85 bits per heavy atom. The van der Waals surface area contributed by atoms with Gasteiger partial charge in [-0.2, -0.15) is 0 Å². The molecule has 3 fully saturated rings. The first-order valence-corrected chi connectivity index (χ1v) is 24.1. The van der Waals surface area contributed by atoms with Crippen molar-refractivity contribution < 1.29 is 9.59 Å². The highest BCUT2D eigenvalue weighted by atomic mass is 16.2. The van der Waals surface area contributed by atoms with E-state index >= 15 is 0 Å². The maximum atomic E-state index is 13.2. The molecule has 0 saturated carbocycles. The molecule has 5 heterocycles. The molecule has 344 valence electrons. The average Bonchev–Trinajstić information content (AvgIpc) is 4.12. The second kappa shape index (κ2) is 20.5. The van der Waals surface area contributed by atoms with Gasteiger partial charge < -0.3 is 28.7 Å². The number of hydrogen-bond donors (Lipinski definition) is 0. The van der Waals surface area contributed by atoms with Gasteiger partial charge in [0, 0.05) is 125 Å². The smallest absolute Gasteiger partial charge is 0.254 e. The largest absolute Gasteiger partial charge is 0.351 e. The molecule has 3 aliphatic rings. The molecule has 0 bridgehead atoms. The molecule has 2 aromatic heterocycles. The van der Waals surface area contributed by atoms with Crippen LogP contribution >= 0.6 is 0 Å². The van der Waals surface area contributed by atoms with Crippen molar-refractivity contribution in [1.29, 1.82) is 0 Å². The number of likely N-dealkylation sites (tertiary alicyclic amines) is 3. The van der Waals surface area contributed by atoms with Gasteiger partial charge in [-0.3, -0.25) is 19.4 Å². The van der Waals surface area contributed by atoms with E-state index in [9.17, 15) is 9.59 Å². The summed E-state index contributed by atoms with van der Waals surface area (Å²) in [6, 6.07) is 38.2. The Bertz CT molecular complexity index is 2490. The fraction of sp³-hybridized carbons (Fsp3) is 0.455. The van der Waals surface area contributed by atoms with E-state index in [0.717, 1.165) is 112 Å². The maximum absolute atomic E-state index is 13.2. The van der Waals surface area contributed by atoms with Gasteiger partial charge in [0.25, 0.3) is 11.8 Å². The fourth-order valence-corrected chi connectivity index (χ4v) is 11.1. The molecule has 10 nitrogen and oxygen atoms in total. The summed E-state index contributed by atoms with van der Waals surface area (Å²) in [5.41, 5.74) is 6.97. The fourth-order valence-electron chi connectivity index (χ4n) is 11.1. The Morgan fingerprint density at radius 2 is 1.17 bits per heavy atom. The van der Waals surface area contributed by atoms with E-state index in [1.54, 1.807) is 0 Å². The summed E-state index contributed by atoms with van der Waals surface area (Å²) in [6.45, 7) is 10.3. The summed E-state index contributed by atoms with van der Waals surface area (Å²) < 4.78 is 4.13. The van der Waals surface area contributed by atoms with Crippen LogP contribution in [0.5, 0.6) is 0 Å².